The molecule has 0 atom stereocenters. The molecule has 15 heavy (non-hydrogen) atoms. The fourth-order valence-electron chi connectivity index (χ4n) is 0.955. The number of carbonyl (C=O) groups is 1. The van der Waals surface area contributed by atoms with Crippen molar-refractivity contribution in [1.82, 2.24) is 10.6 Å². The maximum absolute atomic E-state index is 10.7. The van der Waals surface area contributed by atoms with Gasteiger partial charge in [-0.3, -0.25) is 4.79 Å². The number of nitrogens with zero attached hydrogens (tertiary/aromatic N) is 1. The minimum Gasteiger partial charge on any atom is -0.468 e. The van der Waals surface area contributed by atoms with Crippen molar-refractivity contribution in [2.45, 2.75) is 32.9 Å². The molecule has 1 N–H and O–H groups in total. The average molecular weight is 212 g/mol. The first kappa shape index (κ1) is 11.7. The molecule has 1 rings (SSSR count). The van der Waals surface area contributed by atoms with Gasteiger partial charge < -0.3 is 4.42 Å². The Morgan fingerprint density at radius 1 is 1.60 bits per heavy atom. The van der Waals surface area contributed by atoms with Crippen LogP contribution in [0, 0.1) is 0 Å². The molecule has 1 amide bonds. The van der Waals surface area contributed by atoms with Crippen LogP contribution >= 0.6 is 0 Å². The molecule has 0 saturated heterocycles. The number of hydrazine groups is 1. The van der Waals surface area contributed by atoms with Crippen LogP contribution in [0.2, 0.25) is 0 Å². The predicted molar refractivity (Wildman–Crippen MR) is 54.3 cm³/mol. The first-order valence-electron chi connectivity index (χ1n) is 4.71. The van der Waals surface area contributed by atoms with Crippen LogP contribution in [0.4, 0.5) is 0 Å². The second-order valence-corrected chi connectivity index (χ2v) is 4.05. The summed E-state index contributed by atoms with van der Waals surface area (Å²) in [5.74, 6) is 0.736. The van der Waals surface area contributed by atoms with E-state index in [2.05, 4.69) is 5.43 Å². The van der Waals surface area contributed by atoms with Crippen LogP contribution in [0.1, 0.15) is 26.5 Å². The molecular formula is C10H16N2O3. The molecule has 1 aromatic rings. The van der Waals surface area contributed by atoms with Crippen molar-refractivity contribution < 1.29 is 14.0 Å². The first-order valence-corrected chi connectivity index (χ1v) is 4.71. The molecule has 0 fully saturated rings. The number of rotatable bonds is 5. The van der Waals surface area contributed by atoms with Crippen LogP contribution < -0.4 is 5.43 Å². The summed E-state index contributed by atoms with van der Waals surface area (Å²) in [5, 5.41) is 1.04. The van der Waals surface area contributed by atoms with Gasteiger partial charge in [0.15, 0.2) is 0 Å². The van der Waals surface area contributed by atoms with Crippen LogP contribution in [0.15, 0.2) is 22.8 Å². The summed E-state index contributed by atoms with van der Waals surface area (Å²) in [6, 6.07) is 3.60. The van der Waals surface area contributed by atoms with Gasteiger partial charge in [0.05, 0.1) is 18.4 Å². The van der Waals surface area contributed by atoms with Crippen molar-refractivity contribution in [3.8, 4) is 0 Å². The number of hydrogen-bond acceptors (Lipinski definition) is 4. The van der Waals surface area contributed by atoms with Gasteiger partial charge in [0.25, 0.3) is 0 Å². The van der Waals surface area contributed by atoms with Gasteiger partial charge in [0.1, 0.15) is 5.76 Å². The summed E-state index contributed by atoms with van der Waals surface area (Å²) in [6.07, 6.45) is 2.15. The third-order valence-corrected chi connectivity index (χ3v) is 1.46. The Labute approximate surface area is 88.9 Å². The van der Waals surface area contributed by atoms with Crippen LogP contribution in [-0.4, -0.2) is 17.2 Å². The van der Waals surface area contributed by atoms with Crippen molar-refractivity contribution in [3.63, 3.8) is 0 Å². The van der Waals surface area contributed by atoms with Crippen molar-refractivity contribution in [2.24, 2.45) is 0 Å². The van der Waals surface area contributed by atoms with E-state index in [0.717, 1.165) is 10.9 Å². The molecule has 5 nitrogen and oxygen atoms in total. The fraction of sp³-hybridized carbons (Fsp3) is 0.500. The zero-order chi connectivity index (χ0) is 11.3. The average Bonchev–Trinajstić information content (AvgIpc) is 2.62. The van der Waals surface area contributed by atoms with Gasteiger partial charge in [0, 0.05) is 0 Å². The molecular weight excluding hydrogens is 196 g/mol. The number of carbonyl (C=O) groups excluding carboxylic acids is 1. The van der Waals surface area contributed by atoms with Crippen molar-refractivity contribution >= 4 is 6.41 Å². The highest BCUT2D eigenvalue weighted by Crippen LogP contribution is 2.08. The number of amides is 1. The summed E-state index contributed by atoms with van der Waals surface area (Å²) in [4.78, 5) is 15.9. The lowest BCUT2D eigenvalue weighted by Crippen LogP contribution is -2.42. The van der Waals surface area contributed by atoms with E-state index in [0.29, 0.717) is 13.0 Å². The van der Waals surface area contributed by atoms with Gasteiger partial charge in [-0.1, -0.05) is 0 Å². The monoisotopic (exact) mass is 212 g/mol. The Morgan fingerprint density at radius 3 is 2.80 bits per heavy atom. The van der Waals surface area contributed by atoms with Gasteiger partial charge in [-0.2, -0.15) is 10.6 Å². The minimum atomic E-state index is -0.420. The van der Waals surface area contributed by atoms with E-state index < -0.39 is 5.60 Å². The highest BCUT2D eigenvalue weighted by Gasteiger charge is 2.15. The molecule has 0 bridgehead atoms. The zero-order valence-electron chi connectivity index (χ0n) is 9.19. The largest absolute Gasteiger partial charge is 0.468 e. The summed E-state index contributed by atoms with van der Waals surface area (Å²) in [7, 11) is 0. The molecule has 84 valence electrons. The van der Waals surface area contributed by atoms with Crippen molar-refractivity contribution in [3.05, 3.63) is 24.2 Å². The van der Waals surface area contributed by atoms with Gasteiger partial charge in [-0.05, 0) is 32.9 Å². The van der Waals surface area contributed by atoms with E-state index in [-0.39, 0.29) is 0 Å². The van der Waals surface area contributed by atoms with Crippen molar-refractivity contribution in [2.75, 3.05) is 0 Å². The van der Waals surface area contributed by atoms with Crippen LogP contribution in [0.25, 0.3) is 0 Å². The van der Waals surface area contributed by atoms with E-state index in [9.17, 15) is 4.79 Å². The van der Waals surface area contributed by atoms with Gasteiger partial charge >= 0.3 is 0 Å². The minimum absolute atomic E-state index is 0.405. The fourth-order valence-corrected chi connectivity index (χ4v) is 0.955. The number of hydrogen-bond donors (Lipinski definition) is 1. The van der Waals surface area contributed by atoms with Gasteiger partial charge in [0.2, 0.25) is 6.41 Å². The highest BCUT2D eigenvalue weighted by molar-refractivity contribution is 5.44. The van der Waals surface area contributed by atoms with Crippen LogP contribution in [0.3, 0.4) is 0 Å². The molecule has 1 aromatic heterocycles. The third-order valence-electron chi connectivity index (χ3n) is 1.46. The predicted octanol–water partition coefficient (Wildman–Crippen LogP) is 1.47. The molecule has 0 radical (unpaired) electrons. The molecule has 5 heteroatoms. The summed E-state index contributed by atoms with van der Waals surface area (Å²) >= 11 is 0. The van der Waals surface area contributed by atoms with Gasteiger partial charge in [-0.25, -0.2) is 4.84 Å². The topological polar surface area (TPSA) is 54.7 Å². The second-order valence-electron chi connectivity index (χ2n) is 4.05. The Bertz CT molecular complexity index is 290. The smallest absolute Gasteiger partial charge is 0.249 e. The standard InChI is InChI=1S/C10H16N2O3/c1-10(2,3)15-12(8-13)11-7-9-5-4-6-14-9/h4-6,8,11H,7H2,1-3H3. The second kappa shape index (κ2) is 4.95. The van der Waals surface area contributed by atoms with E-state index in [1.54, 1.807) is 12.3 Å². The first-order chi connectivity index (χ1) is 7.01. The lowest BCUT2D eigenvalue weighted by Gasteiger charge is -2.26. The third kappa shape index (κ3) is 4.62. The van der Waals surface area contributed by atoms with Crippen LogP contribution in [0.5, 0.6) is 0 Å². The molecule has 0 aliphatic carbocycles. The highest BCUT2D eigenvalue weighted by atomic mass is 16.7. The Hall–Kier alpha value is -1.33. The summed E-state index contributed by atoms with van der Waals surface area (Å²) in [6.45, 7) is 5.98. The van der Waals surface area contributed by atoms with E-state index in [4.69, 9.17) is 9.25 Å². The number of furan rings is 1. The lowest BCUT2D eigenvalue weighted by molar-refractivity contribution is -0.239. The maximum atomic E-state index is 10.7. The molecule has 0 aromatic carbocycles. The molecule has 0 aliphatic heterocycles. The van der Waals surface area contributed by atoms with E-state index in [1.165, 1.54) is 0 Å². The van der Waals surface area contributed by atoms with E-state index in [1.807, 2.05) is 26.8 Å². The maximum Gasteiger partial charge on any atom is 0.249 e. The Kier molecular flexibility index (Phi) is 3.88. The van der Waals surface area contributed by atoms with E-state index >= 15 is 0 Å². The normalized spacial score (nSPS) is 11.4. The molecule has 0 aliphatic rings. The Morgan fingerprint density at radius 2 is 2.33 bits per heavy atom. The molecule has 0 spiro atoms. The molecule has 1 heterocycles. The van der Waals surface area contributed by atoms with Crippen LogP contribution in [-0.2, 0) is 16.2 Å². The van der Waals surface area contributed by atoms with Gasteiger partial charge in [-0.15, -0.1) is 0 Å². The quantitative estimate of drug-likeness (QED) is 0.593. The Balaban J connectivity index is 2.38. The zero-order valence-corrected chi connectivity index (χ0v) is 9.19. The molecule has 0 saturated carbocycles. The molecule has 0 unspecified atom stereocenters. The lowest BCUT2D eigenvalue weighted by atomic mass is 10.2. The summed E-state index contributed by atoms with van der Waals surface area (Å²) in [5.41, 5.74) is 2.36. The van der Waals surface area contributed by atoms with Crippen molar-refractivity contribution in [1.29, 1.82) is 0 Å². The number of nitrogens with one attached hydrogen (secondary N) is 1. The SMILES string of the molecule is CC(C)(C)ON(C=O)NCc1ccco1. The summed E-state index contributed by atoms with van der Waals surface area (Å²) < 4.78 is 5.10. The number of hydroxylamine groups is 1.